The number of nitrogen functional groups attached to an aromatic ring is 1. The first-order valence-corrected chi connectivity index (χ1v) is 7.05. The Morgan fingerprint density at radius 3 is 2.62 bits per heavy atom. The molecule has 0 atom stereocenters. The van der Waals surface area contributed by atoms with Crippen LogP contribution in [0.5, 0.6) is 17.2 Å². The Morgan fingerprint density at radius 2 is 1.90 bits per heavy atom. The van der Waals surface area contributed by atoms with Crippen LogP contribution in [0, 0.1) is 12.7 Å². The summed E-state index contributed by atoms with van der Waals surface area (Å²) in [4.78, 5) is 0. The van der Waals surface area contributed by atoms with E-state index in [-0.39, 0.29) is 11.4 Å². The number of hydrogen-bond donors (Lipinski definition) is 1. The molecule has 0 fully saturated rings. The molecule has 0 heterocycles. The van der Waals surface area contributed by atoms with Gasteiger partial charge in [-0.1, -0.05) is 24.6 Å². The number of aryl methyl sites for hydroxylation is 1. The zero-order valence-electron chi connectivity index (χ0n) is 12.0. The maximum atomic E-state index is 13.8. The molecular formula is C16H17ClFNO2. The summed E-state index contributed by atoms with van der Waals surface area (Å²) in [5.74, 6) is 0.534. The average Bonchev–Trinajstić information content (AvgIpc) is 2.44. The normalized spacial score (nSPS) is 10.5. The van der Waals surface area contributed by atoms with Crippen molar-refractivity contribution in [2.24, 2.45) is 0 Å². The number of benzene rings is 2. The van der Waals surface area contributed by atoms with Crippen molar-refractivity contribution in [1.82, 2.24) is 0 Å². The monoisotopic (exact) mass is 309 g/mol. The molecule has 0 aromatic heterocycles. The van der Waals surface area contributed by atoms with Crippen LogP contribution in [0.2, 0.25) is 5.02 Å². The van der Waals surface area contributed by atoms with Crippen LogP contribution < -0.4 is 15.2 Å². The topological polar surface area (TPSA) is 44.5 Å². The van der Waals surface area contributed by atoms with Crippen LogP contribution in [0.3, 0.4) is 0 Å². The van der Waals surface area contributed by atoms with E-state index >= 15 is 0 Å². The number of halogens is 2. The van der Waals surface area contributed by atoms with E-state index in [2.05, 4.69) is 0 Å². The van der Waals surface area contributed by atoms with Gasteiger partial charge in [-0.05, 0) is 31.0 Å². The highest BCUT2D eigenvalue weighted by Crippen LogP contribution is 2.35. The Hall–Kier alpha value is -1.94. The first kappa shape index (κ1) is 15.4. The molecule has 3 nitrogen and oxygen atoms in total. The summed E-state index contributed by atoms with van der Waals surface area (Å²) in [6.45, 7) is 4.26. The molecule has 0 aliphatic rings. The van der Waals surface area contributed by atoms with Crippen LogP contribution in [0.1, 0.15) is 18.9 Å². The van der Waals surface area contributed by atoms with Gasteiger partial charge in [-0.2, -0.15) is 0 Å². The van der Waals surface area contributed by atoms with E-state index in [1.54, 1.807) is 12.1 Å². The van der Waals surface area contributed by atoms with Crippen molar-refractivity contribution in [3.8, 4) is 17.2 Å². The molecule has 2 rings (SSSR count). The third-order valence-corrected chi connectivity index (χ3v) is 3.13. The second-order valence-corrected chi connectivity index (χ2v) is 5.12. The Balaban J connectivity index is 2.32. The zero-order chi connectivity index (χ0) is 15.4. The standard InChI is InChI=1S/C16H17ClFNO2/c1-3-6-20-15-9-16(13(19)8-12(15)18)21-14-7-11(17)5-4-10(14)2/h4-5,7-9H,3,6,19H2,1-2H3. The number of ether oxygens (including phenoxy) is 2. The molecule has 0 aliphatic carbocycles. The maximum Gasteiger partial charge on any atom is 0.167 e. The molecule has 0 radical (unpaired) electrons. The smallest absolute Gasteiger partial charge is 0.167 e. The maximum absolute atomic E-state index is 13.8. The summed E-state index contributed by atoms with van der Waals surface area (Å²) in [6.07, 6.45) is 0.785. The Labute approximate surface area is 128 Å². The van der Waals surface area contributed by atoms with Gasteiger partial charge in [-0.3, -0.25) is 0 Å². The lowest BCUT2D eigenvalue weighted by atomic mass is 10.2. The number of hydrogen-bond acceptors (Lipinski definition) is 3. The van der Waals surface area contributed by atoms with Gasteiger partial charge in [-0.25, -0.2) is 4.39 Å². The van der Waals surface area contributed by atoms with Gasteiger partial charge in [0, 0.05) is 17.2 Å². The molecule has 0 saturated heterocycles. The van der Waals surface area contributed by atoms with Crippen LogP contribution >= 0.6 is 11.6 Å². The molecule has 2 N–H and O–H groups in total. The van der Waals surface area contributed by atoms with Crippen LogP contribution in [0.4, 0.5) is 10.1 Å². The Bertz CT molecular complexity index is 646. The number of rotatable bonds is 5. The van der Waals surface area contributed by atoms with Gasteiger partial charge < -0.3 is 15.2 Å². The minimum atomic E-state index is -0.504. The van der Waals surface area contributed by atoms with Crippen molar-refractivity contribution in [2.45, 2.75) is 20.3 Å². The molecule has 0 unspecified atom stereocenters. The highest BCUT2D eigenvalue weighted by atomic mass is 35.5. The van der Waals surface area contributed by atoms with Crippen LogP contribution in [0.15, 0.2) is 30.3 Å². The van der Waals surface area contributed by atoms with Crippen LogP contribution in [-0.2, 0) is 0 Å². The molecule has 0 amide bonds. The Morgan fingerprint density at radius 1 is 1.14 bits per heavy atom. The van der Waals surface area contributed by atoms with Gasteiger partial charge in [0.25, 0.3) is 0 Å². The van der Waals surface area contributed by atoms with Gasteiger partial charge in [-0.15, -0.1) is 0 Å². The average molecular weight is 310 g/mol. The summed E-state index contributed by atoms with van der Waals surface area (Å²) in [5.41, 5.74) is 6.91. The largest absolute Gasteiger partial charge is 0.490 e. The van der Waals surface area contributed by atoms with E-state index in [0.29, 0.717) is 23.1 Å². The van der Waals surface area contributed by atoms with Gasteiger partial charge in [0.1, 0.15) is 5.75 Å². The second-order valence-electron chi connectivity index (χ2n) is 4.68. The minimum absolute atomic E-state index is 0.126. The van der Waals surface area contributed by atoms with E-state index in [9.17, 15) is 4.39 Å². The molecule has 112 valence electrons. The van der Waals surface area contributed by atoms with Crippen molar-refractivity contribution in [3.63, 3.8) is 0 Å². The Kier molecular flexibility index (Phi) is 4.91. The summed E-state index contributed by atoms with van der Waals surface area (Å²) in [7, 11) is 0. The van der Waals surface area contributed by atoms with Gasteiger partial charge in [0.05, 0.1) is 12.3 Å². The van der Waals surface area contributed by atoms with Crippen LogP contribution in [-0.4, -0.2) is 6.61 Å². The molecule has 0 aliphatic heterocycles. The number of nitrogens with two attached hydrogens (primary N) is 1. The lowest BCUT2D eigenvalue weighted by molar-refractivity contribution is 0.299. The fraction of sp³-hybridized carbons (Fsp3) is 0.250. The number of anilines is 1. The molecule has 2 aromatic carbocycles. The molecule has 0 saturated carbocycles. The molecular weight excluding hydrogens is 293 g/mol. The lowest BCUT2D eigenvalue weighted by Crippen LogP contribution is -2.00. The highest BCUT2D eigenvalue weighted by molar-refractivity contribution is 6.30. The van der Waals surface area contributed by atoms with E-state index in [4.69, 9.17) is 26.8 Å². The zero-order valence-corrected chi connectivity index (χ0v) is 12.7. The van der Waals surface area contributed by atoms with Gasteiger partial charge in [0.2, 0.25) is 0 Å². The second kappa shape index (κ2) is 6.68. The first-order chi connectivity index (χ1) is 10.0. The van der Waals surface area contributed by atoms with Gasteiger partial charge >= 0.3 is 0 Å². The molecule has 2 aromatic rings. The molecule has 0 spiro atoms. The third-order valence-electron chi connectivity index (χ3n) is 2.90. The molecule has 5 heteroatoms. The fourth-order valence-corrected chi connectivity index (χ4v) is 1.93. The van der Waals surface area contributed by atoms with E-state index in [1.165, 1.54) is 12.1 Å². The fourth-order valence-electron chi connectivity index (χ4n) is 1.76. The van der Waals surface area contributed by atoms with Crippen LogP contribution in [0.25, 0.3) is 0 Å². The van der Waals surface area contributed by atoms with E-state index in [0.717, 1.165) is 12.0 Å². The van der Waals surface area contributed by atoms with Crippen molar-refractivity contribution >= 4 is 17.3 Å². The van der Waals surface area contributed by atoms with Crippen molar-refractivity contribution in [2.75, 3.05) is 12.3 Å². The van der Waals surface area contributed by atoms with E-state index < -0.39 is 5.82 Å². The van der Waals surface area contributed by atoms with Crippen molar-refractivity contribution in [1.29, 1.82) is 0 Å². The highest BCUT2D eigenvalue weighted by Gasteiger charge is 2.12. The summed E-state index contributed by atoms with van der Waals surface area (Å²) < 4.78 is 24.8. The predicted octanol–water partition coefficient (Wildman–Crippen LogP) is 4.95. The molecule has 0 bridgehead atoms. The van der Waals surface area contributed by atoms with Crippen molar-refractivity contribution < 1.29 is 13.9 Å². The molecule has 21 heavy (non-hydrogen) atoms. The van der Waals surface area contributed by atoms with Crippen molar-refractivity contribution in [3.05, 3.63) is 46.7 Å². The SMILES string of the molecule is CCCOc1cc(Oc2cc(Cl)ccc2C)c(N)cc1F. The first-order valence-electron chi connectivity index (χ1n) is 6.67. The summed E-state index contributed by atoms with van der Waals surface area (Å²) >= 11 is 5.95. The quantitative estimate of drug-likeness (QED) is 0.795. The lowest BCUT2D eigenvalue weighted by Gasteiger charge is -2.13. The summed E-state index contributed by atoms with van der Waals surface area (Å²) in [6, 6.07) is 7.95. The predicted molar refractivity (Wildman–Crippen MR) is 82.9 cm³/mol. The third kappa shape index (κ3) is 3.79. The van der Waals surface area contributed by atoms with Gasteiger partial charge in [0.15, 0.2) is 17.3 Å². The minimum Gasteiger partial charge on any atom is -0.490 e. The van der Waals surface area contributed by atoms with E-state index in [1.807, 2.05) is 19.9 Å². The summed E-state index contributed by atoms with van der Waals surface area (Å²) in [5, 5.41) is 0.554.